The summed E-state index contributed by atoms with van der Waals surface area (Å²) in [6, 6.07) is 9.78. The summed E-state index contributed by atoms with van der Waals surface area (Å²) >= 11 is 3.47. The predicted molar refractivity (Wildman–Crippen MR) is 83.8 cm³/mol. The minimum atomic E-state index is 0.0812. The van der Waals surface area contributed by atoms with Crippen LogP contribution in [-0.4, -0.2) is 5.54 Å². The first kappa shape index (κ1) is 15.1. The van der Waals surface area contributed by atoms with Crippen molar-refractivity contribution in [2.75, 3.05) is 0 Å². The molecule has 0 spiro atoms. The monoisotopic (exact) mass is 337 g/mol. The zero-order valence-corrected chi connectivity index (χ0v) is 13.7. The van der Waals surface area contributed by atoms with Gasteiger partial charge in [-0.3, -0.25) is 0 Å². The van der Waals surface area contributed by atoms with Crippen LogP contribution in [0.1, 0.15) is 32.1 Å². The number of nitrogens with one attached hydrogen (secondary N) is 1. The number of furan rings is 1. The number of benzene rings is 1. The molecular formula is C16H20BrNO2. The molecule has 20 heavy (non-hydrogen) atoms. The largest absolute Gasteiger partial charge is 0.484 e. The summed E-state index contributed by atoms with van der Waals surface area (Å²) in [6.07, 6.45) is 1.71. The third kappa shape index (κ3) is 4.39. The van der Waals surface area contributed by atoms with Crippen LogP contribution in [0.15, 0.2) is 45.5 Å². The topological polar surface area (TPSA) is 34.4 Å². The molecule has 1 aromatic heterocycles. The fourth-order valence-electron chi connectivity index (χ4n) is 1.72. The molecule has 0 unspecified atom stereocenters. The minimum Gasteiger partial charge on any atom is -0.484 e. The van der Waals surface area contributed by atoms with Gasteiger partial charge in [-0.1, -0.05) is 12.1 Å². The zero-order chi connectivity index (χ0) is 14.6. The lowest BCUT2D eigenvalue weighted by Crippen LogP contribution is -2.35. The standard InChI is InChI=1S/C16H20BrNO2/c1-16(2,3)18-10-12-8-9-19-15(12)11-20-14-7-5-4-6-13(14)17/h4-9,18H,10-11H2,1-3H3. The molecule has 2 rings (SSSR count). The highest BCUT2D eigenvalue weighted by molar-refractivity contribution is 9.10. The van der Waals surface area contributed by atoms with Crippen LogP contribution in [0.5, 0.6) is 5.75 Å². The second kappa shape index (κ2) is 6.46. The van der Waals surface area contributed by atoms with E-state index in [1.807, 2.05) is 30.3 Å². The van der Waals surface area contributed by atoms with Crippen LogP contribution in [0.2, 0.25) is 0 Å². The zero-order valence-electron chi connectivity index (χ0n) is 12.1. The van der Waals surface area contributed by atoms with Crippen molar-refractivity contribution in [3.05, 3.63) is 52.4 Å². The van der Waals surface area contributed by atoms with Crippen LogP contribution in [0, 0.1) is 0 Å². The van der Waals surface area contributed by atoms with Gasteiger partial charge in [-0.2, -0.15) is 0 Å². The maximum absolute atomic E-state index is 5.79. The lowest BCUT2D eigenvalue weighted by molar-refractivity contribution is 0.266. The Morgan fingerprint density at radius 1 is 1.20 bits per heavy atom. The van der Waals surface area contributed by atoms with Crippen molar-refractivity contribution in [1.82, 2.24) is 5.32 Å². The van der Waals surface area contributed by atoms with Crippen LogP contribution in [-0.2, 0) is 13.2 Å². The van der Waals surface area contributed by atoms with Crippen molar-refractivity contribution in [3.8, 4) is 5.75 Å². The molecule has 3 nitrogen and oxygen atoms in total. The molecule has 0 atom stereocenters. The normalized spacial score (nSPS) is 11.6. The van der Waals surface area contributed by atoms with Gasteiger partial charge in [0.1, 0.15) is 18.1 Å². The van der Waals surface area contributed by atoms with Gasteiger partial charge >= 0.3 is 0 Å². The van der Waals surface area contributed by atoms with Crippen molar-refractivity contribution in [2.24, 2.45) is 0 Å². The number of para-hydroxylation sites is 1. The molecule has 0 bridgehead atoms. The van der Waals surface area contributed by atoms with Crippen molar-refractivity contribution in [3.63, 3.8) is 0 Å². The smallest absolute Gasteiger partial charge is 0.146 e. The molecule has 0 aliphatic rings. The third-order valence-corrected chi connectivity index (χ3v) is 3.50. The molecule has 0 saturated heterocycles. The quantitative estimate of drug-likeness (QED) is 0.871. The lowest BCUT2D eigenvalue weighted by atomic mass is 10.1. The van der Waals surface area contributed by atoms with E-state index in [0.717, 1.165) is 28.1 Å². The molecule has 4 heteroatoms. The summed E-state index contributed by atoms with van der Waals surface area (Å²) in [4.78, 5) is 0. The number of hydrogen-bond donors (Lipinski definition) is 1. The molecule has 0 aliphatic heterocycles. The molecule has 0 amide bonds. The molecule has 0 radical (unpaired) electrons. The van der Waals surface area contributed by atoms with Gasteiger partial charge < -0.3 is 14.5 Å². The maximum Gasteiger partial charge on any atom is 0.146 e. The van der Waals surface area contributed by atoms with E-state index < -0.39 is 0 Å². The van der Waals surface area contributed by atoms with Gasteiger partial charge in [0.25, 0.3) is 0 Å². The summed E-state index contributed by atoms with van der Waals surface area (Å²) in [7, 11) is 0. The SMILES string of the molecule is CC(C)(C)NCc1ccoc1COc1ccccc1Br. The highest BCUT2D eigenvalue weighted by Crippen LogP contribution is 2.25. The Morgan fingerprint density at radius 3 is 2.65 bits per heavy atom. The Morgan fingerprint density at radius 2 is 1.95 bits per heavy atom. The Balaban J connectivity index is 1.97. The van der Waals surface area contributed by atoms with E-state index in [9.17, 15) is 0 Å². The van der Waals surface area contributed by atoms with Gasteiger partial charge in [-0.15, -0.1) is 0 Å². The number of rotatable bonds is 5. The van der Waals surface area contributed by atoms with E-state index >= 15 is 0 Å². The molecule has 0 fully saturated rings. The number of hydrogen-bond acceptors (Lipinski definition) is 3. The van der Waals surface area contributed by atoms with Crippen molar-refractivity contribution >= 4 is 15.9 Å². The van der Waals surface area contributed by atoms with Gasteiger partial charge in [0.05, 0.1) is 10.7 Å². The first-order valence-electron chi connectivity index (χ1n) is 6.63. The number of halogens is 1. The molecular weight excluding hydrogens is 318 g/mol. The van der Waals surface area contributed by atoms with Gasteiger partial charge in [0.2, 0.25) is 0 Å². The molecule has 2 aromatic rings. The highest BCUT2D eigenvalue weighted by atomic mass is 79.9. The van der Waals surface area contributed by atoms with Crippen molar-refractivity contribution in [2.45, 2.75) is 39.5 Å². The Hall–Kier alpha value is -1.26. The van der Waals surface area contributed by atoms with Crippen LogP contribution in [0.3, 0.4) is 0 Å². The summed E-state index contributed by atoms with van der Waals surface area (Å²) in [5.41, 5.74) is 1.21. The summed E-state index contributed by atoms with van der Waals surface area (Å²) in [5, 5.41) is 3.45. The summed E-state index contributed by atoms with van der Waals surface area (Å²) in [6.45, 7) is 7.63. The lowest BCUT2D eigenvalue weighted by Gasteiger charge is -2.20. The second-order valence-corrected chi connectivity index (χ2v) is 6.55. The average molecular weight is 338 g/mol. The van der Waals surface area contributed by atoms with Gasteiger partial charge in [0.15, 0.2) is 0 Å². The van der Waals surface area contributed by atoms with E-state index in [2.05, 4.69) is 42.0 Å². The van der Waals surface area contributed by atoms with E-state index in [1.54, 1.807) is 6.26 Å². The summed E-state index contributed by atoms with van der Waals surface area (Å²) in [5.74, 6) is 1.68. The van der Waals surface area contributed by atoms with E-state index in [1.165, 1.54) is 0 Å². The van der Waals surface area contributed by atoms with E-state index in [0.29, 0.717) is 6.61 Å². The first-order chi connectivity index (χ1) is 9.46. The fourth-order valence-corrected chi connectivity index (χ4v) is 2.12. The van der Waals surface area contributed by atoms with Crippen LogP contribution in [0.25, 0.3) is 0 Å². The molecule has 1 heterocycles. The predicted octanol–water partition coefficient (Wildman–Crippen LogP) is 4.51. The highest BCUT2D eigenvalue weighted by Gasteiger charge is 2.13. The van der Waals surface area contributed by atoms with E-state index in [4.69, 9.17) is 9.15 Å². The maximum atomic E-state index is 5.79. The Kier molecular flexibility index (Phi) is 4.89. The van der Waals surface area contributed by atoms with Crippen LogP contribution < -0.4 is 10.1 Å². The third-order valence-electron chi connectivity index (χ3n) is 2.84. The first-order valence-corrected chi connectivity index (χ1v) is 7.42. The van der Waals surface area contributed by atoms with Gasteiger partial charge in [-0.25, -0.2) is 0 Å². The molecule has 0 aliphatic carbocycles. The number of ether oxygens (including phenoxy) is 1. The van der Waals surface area contributed by atoms with Gasteiger partial charge in [-0.05, 0) is 54.9 Å². The fraction of sp³-hybridized carbons (Fsp3) is 0.375. The Bertz CT molecular complexity index is 558. The van der Waals surface area contributed by atoms with Crippen LogP contribution >= 0.6 is 15.9 Å². The van der Waals surface area contributed by atoms with Crippen molar-refractivity contribution in [1.29, 1.82) is 0 Å². The van der Waals surface area contributed by atoms with Crippen molar-refractivity contribution < 1.29 is 9.15 Å². The molecule has 1 aromatic carbocycles. The van der Waals surface area contributed by atoms with E-state index in [-0.39, 0.29) is 5.54 Å². The summed E-state index contributed by atoms with van der Waals surface area (Å²) < 4.78 is 12.2. The molecule has 108 valence electrons. The average Bonchev–Trinajstić information content (AvgIpc) is 2.82. The Labute approximate surface area is 128 Å². The van der Waals surface area contributed by atoms with Gasteiger partial charge in [0, 0.05) is 17.6 Å². The molecule has 0 saturated carbocycles. The second-order valence-electron chi connectivity index (χ2n) is 5.69. The minimum absolute atomic E-state index is 0.0812. The van der Waals surface area contributed by atoms with Crippen LogP contribution in [0.4, 0.5) is 0 Å². The molecule has 1 N–H and O–H groups in total.